The third kappa shape index (κ3) is 4.26. The number of aromatic nitrogens is 6. The van der Waals surface area contributed by atoms with Gasteiger partial charge in [0.2, 0.25) is 11.7 Å². The number of carbonyl (C=O) groups is 1. The topological polar surface area (TPSA) is 92.6 Å². The molecular weight excluding hydrogens is 474 g/mol. The van der Waals surface area contributed by atoms with Crippen LogP contribution < -0.4 is 4.90 Å². The van der Waals surface area contributed by atoms with Gasteiger partial charge in [0.05, 0.1) is 16.7 Å². The van der Waals surface area contributed by atoms with Crippen molar-refractivity contribution in [2.75, 3.05) is 11.4 Å². The van der Waals surface area contributed by atoms with Crippen LogP contribution in [0.2, 0.25) is 0 Å². The molecule has 1 saturated heterocycles. The van der Waals surface area contributed by atoms with Crippen LogP contribution in [0.15, 0.2) is 60.7 Å². The normalized spacial score (nSPS) is 13.9. The highest BCUT2D eigenvalue weighted by Crippen LogP contribution is 2.36. The molecule has 1 amide bonds. The van der Waals surface area contributed by atoms with Crippen molar-refractivity contribution in [2.24, 2.45) is 0 Å². The molecule has 0 aliphatic carbocycles. The molecule has 1 aliphatic heterocycles. The van der Waals surface area contributed by atoms with Crippen LogP contribution in [0.5, 0.6) is 0 Å². The van der Waals surface area contributed by atoms with Gasteiger partial charge in [-0.25, -0.2) is 4.98 Å². The molecule has 1 aliphatic rings. The Kier molecular flexibility index (Phi) is 6.45. The smallest absolute Gasteiger partial charge is 0.226 e. The zero-order valence-corrected chi connectivity index (χ0v) is 21.8. The van der Waals surface area contributed by atoms with E-state index in [9.17, 15) is 4.79 Å². The van der Waals surface area contributed by atoms with Gasteiger partial charge < -0.3 is 4.90 Å². The lowest BCUT2D eigenvalue weighted by atomic mass is 9.94. The molecule has 38 heavy (non-hydrogen) atoms. The Morgan fingerprint density at radius 3 is 2.61 bits per heavy atom. The van der Waals surface area contributed by atoms with E-state index >= 15 is 0 Å². The summed E-state index contributed by atoms with van der Waals surface area (Å²) >= 11 is 0. The Hall–Kier alpha value is -4.33. The fourth-order valence-corrected chi connectivity index (χ4v) is 5.48. The van der Waals surface area contributed by atoms with Crippen LogP contribution in [-0.4, -0.2) is 42.6 Å². The van der Waals surface area contributed by atoms with E-state index in [0.717, 1.165) is 89.1 Å². The number of anilines is 1. The molecule has 0 saturated carbocycles. The summed E-state index contributed by atoms with van der Waals surface area (Å²) < 4.78 is 2.29. The fraction of sp³-hybridized carbons (Fsp3) is 0.300. The molecule has 1 N–H and O–H groups in total. The highest BCUT2D eigenvalue weighted by molar-refractivity contribution is 5.96. The quantitative estimate of drug-likeness (QED) is 0.291. The first-order valence-corrected chi connectivity index (χ1v) is 13.4. The number of tetrazole rings is 1. The zero-order valence-electron chi connectivity index (χ0n) is 21.8. The van der Waals surface area contributed by atoms with Crippen LogP contribution in [0.25, 0.3) is 39.2 Å². The number of H-pyrrole nitrogens is 1. The number of fused-ring (bicyclic) bond motifs is 1. The van der Waals surface area contributed by atoms with E-state index in [-0.39, 0.29) is 5.91 Å². The van der Waals surface area contributed by atoms with Gasteiger partial charge in [0.1, 0.15) is 5.82 Å². The minimum absolute atomic E-state index is 0.198. The lowest BCUT2D eigenvalue weighted by molar-refractivity contribution is -0.119. The van der Waals surface area contributed by atoms with Gasteiger partial charge in [-0.1, -0.05) is 49.7 Å². The molecule has 8 heteroatoms. The predicted octanol–water partition coefficient (Wildman–Crippen LogP) is 6.04. The third-order valence-corrected chi connectivity index (χ3v) is 7.45. The number of carbonyl (C=O) groups excluding carboxylic acids is 1. The first-order valence-electron chi connectivity index (χ1n) is 13.4. The average molecular weight is 506 g/mol. The van der Waals surface area contributed by atoms with Gasteiger partial charge in [-0.2, -0.15) is 5.21 Å². The molecule has 0 atom stereocenters. The summed E-state index contributed by atoms with van der Waals surface area (Å²) in [6, 6.07) is 20.8. The van der Waals surface area contributed by atoms with Crippen molar-refractivity contribution in [3.05, 3.63) is 72.1 Å². The van der Waals surface area contributed by atoms with Crippen LogP contribution in [0.1, 0.15) is 50.4 Å². The summed E-state index contributed by atoms with van der Waals surface area (Å²) in [6.07, 6.45) is 5.64. The van der Waals surface area contributed by atoms with E-state index in [1.165, 1.54) is 0 Å². The zero-order chi connectivity index (χ0) is 26.1. The Labute approximate surface area is 221 Å². The second kappa shape index (κ2) is 10.2. The molecule has 0 radical (unpaired) electrons. The van der Waals surface area contributed by atoms with Gasteiger partial charge in [0, 0.05) is 30.6 Å². The number of hydrogen-bond donors (Lipinski definition) is 1. The van der Waals surface area contributed by atoms with Crippen molar-refractivity contribution in [2.45, 2.75) is 52.4 Å². The molecule has 0 unspecified atom stereocenters. The number of nitrogens with one attached hydrogen (secondary N) is 1. The summed E-state index contributed by atoms with van der Waals surface area (Å²) in [5.41, 5.74) is 8.22. The standard InChI is InChI=1S/C30H31N7O/c1-3-4-14-28-31-25-17-16-21(36-18-8-7-15-29(36)38)19-27(25)37(28)26-13-9-12-22(20(26)2)23-10-5-6-11-24(23)30-32-34-35-33-30/h5-6,9-13,16-17,19H,3-4,7-8,14-15,18H2,1-2H3,(H,32,33,34,35). The second-order valence-corrected chi connectivity index (χ2v) is 9.87. The number of aromatic amines is 1. The number of unbranched alkanes of at least 4 members (excludes halogenated alkanes) is 1. The molecule has 192 valence electrons. The molecular formula is C30H31N7O. The van der Waals surface area contributed by atoms with Crippen molar-refractivity contribution < 1.29 is 4.79 Å². The van der Waals surface area contributed by atoms with Crippen LogP contribution in [0.4, 0.5) is 5.69 Å². The fourth-order valence-electron chi connectivity index (χ4n) is 5.48. The van der Waals surface area contributed by atoms with E-state index in [1.54, 1.807) is 0 Å². The predicted molar refractivity (Wildman–Crippen MR) is 149 cm³/mol. The Bertz CT molecular complexity index is 1600. The summed E-state index contributed by atoms with van der Waals surface area (Å²) in [7, 11) is 0. The first kappa shape index (κ1) is 24.0. The number of imidazole rings is 1. The second-order valence-electron chi connectivity index (χ2n) is 9.87. The van der Waals surface area contributed by atoms with Crippen molar-refractivity contribution >= 4 is 22.6 Å². The van der Waals surface area contributed by atoms with Crippen LogP contribution in [0.3, 0.4) is 0 Å². The molecule has 3 aromatic carbocycles. The molecule has 0 spiro atoms. The molecule has 5 aromatic rings. The van der Waals surface area contributed by atoms with Crippen molar-refractivity contribution in [1.29, 1.82) is 0 Å². The van der Waals surface area contributed by atoms with E-state index in [1.807, 2.05) is 29.2 Å². The maximum absolute atomic E-state index is 12.7. The maximum atomic E-state index is 12.7. The van der Waals surface area contributed by atoms with Gasteiger partial charge in [0.15, 0.2) is 0 Å². The minimum atomic E-state index is 0.198. The molecule has 8 nitrogen and oxygen atoms in total. The summed E-state index contributed by atoms with van der Waals surface area (Å²) in [6.45, 7) is 5.13. The Balaban J connectivity index is 1.53. The summed E-state index contributed by atoms with van der Waals surface area (Å²) in [5, 5.41) is 14.8. The number of piperidine rings is 1. The number of amides is 1. The molecule has 2 aromatic heterocycles. The highest BCUT2D eigenvalue weighted by atomic mass is 16.2. The molecule has 1 fully saturated rings. The van der Waals surface area contributed by atoms with E-state index in [2.05, 4.69) is 75.4 Å². The SMILES string of the molecule is CCCCc1nc2ccc(N3CCCCC3=O)cc2n1-c1cccc(-c2ccccc2-c2nn[nH]n2)c1C. The third-order valence-electron chi connectivity index (χ3n) is 7.45. The summed E-state index contributed by atoms with van der Waals surface area (Å²) in [4.78, 5) is 19.7. The van der Waals surface area contributed by atoms with Crippen LogP contribution >= 0.6 is 0 Å². The first-order chi connectivity index (χ1) is 18.7. The van der Waals surface area contributed by atoms with Gasteiger partial charge in [0.25, 0.3) is 0 Å². The lowest BCUT2D eigenvalue weighted by Gasteiger charge is -2.27. The largest absolute Gasteiger partial charge is 0.312 e. The molecule has 6 rings (SSSR count). The van der Waals surface area contributed by atoms with Crippen LogP contribution in [-0.2, 0) is 11.2 Å². The van der Waals surface area contributed by atoms with Gasteiger partial charge in [-0.3, -0.25) is 9.36 Å². The monoisotopic (exact) mass is 505 g/mol. The summed E-state index contributed by atoms with van der Waals surface area (Å²) in [5.74, 6) is 1.80. The average Bonchev–Trinajstić information content (AvgIpc) is 3.60. The van der Waals surface area contributed by atoms with Crippen molar-refractivity contribution in [3.8, 4) is 28.2 Å². The van der Waals surface area contributed by atoms with Gasteiger partial charge in [-0.15, -0.1) is 10.2 Å². The minimum Gasteiger partial charge on any atom is -0.312 e. The van der Waals surface area contributed by atoms with Gasteiger partial charge >= 0.3 is 0 Å². The van der Waals surface area contributed by atoms with Crippen LogP contribution in [0, 0.1) is 6.92 Å². The van der Waals surface area contributed by atoms with E-state index in [4.69, 9.17) is 4.98 Å². The van der Waals surface area contributed by atoms with Crippen molar-refractivity contribution in [3.63, 3.8) is 0 Å². The van der Waals surface area contributed by atoms with E-state index in [0.29, 0.717) is 12.2 Å². The number of aryl methyl sites for hydroxylation is 1. The number of nitrogens with zero attached hydrogens (tertiary/aromatic N) is 6. The number of benzene rings is 3. The highest BCUT2D eigenvalue weighted by Gasteiger charge is 2.22. The number of hydrogen-bond acceptors (Lipinski definition) is 5. The van der Waals surface area contributed by atoms with Gasteiger partial charge in [-0.05, 0) is 72.4 Å². The van der Waals surface area contributed by atoms with Crippen molar-refractivity contribution in [1.82, 2.24) is 30.2 Å². The molecule has 3 heterocycles. The van der Waals surface area contributed by atoms with E-state index < -0.39 is 0 Å². The Morgan fingerprint density at radius 2 is 1.82 bits per heavy atom. The number of rotatable bonds is 7. The maximum Gasteiger partial charge on any atom is 0.226 e. The Morgan fingerprint density at radius 1 is 0.974 bits per heavy atom. The lowest BCUT2D eigenvalue weighted by Crippen LogP contribution is -2.35. The molecule has 0 bridgehead atoms.